The number of nitrogens with two attached hydrogens (primary N) is 4. The molecule has 3 rings (SSSR count). The second kappa shape index (κ2) is 43.1. The van der Waals surface area contributed by atoms with Crippen LogP contribution in [0.2, 0.25) is 26.4 Å². The summed E-state index contributed by atoms with van der Waals surface area (Å²) in [5, 5.41) is 12.5. The van der Waals surface area contributed by atoms with Crippen molar-refractivity contribution in [2.75, 3.05) is 93.3 Å². The van der Waals surface area contributed by atoms with Crippen LogP contribution in [0.4, 0.5) is 23.8 Å². The van der Waals surface area contributed by atoms with Gasteiger partial charge in [0.05, 0.1) is 0 Å². The molecule has 0 aliphatic carbocycles. The SMILES string of the molecule is CCCCN.CCCCNc1nc(Cl)nc(Cl)n1.CCCCNc1nc(NCCN)nc(NCCN)n1.CCCN.CCN(CC)CC.Clc1nc(Cl)nc(Cl)n1. The summed E-state index contributed by atoms with van der Waals surface area (Å²) in [7, 11) is 0. The normalized spacial score (nSPS) is 9.77. The Labute approximate surface area is 366 Å². The summed E-state index contributed by atoms with van der Waals surface area (Å²) in [6.07, 6.45) is 7.84. The Bertz CT molecular complexity index is 1230. The predicted molar refractivity (Wildman–Crippen MR) is 243 cm³/mol. The molecule has 0 saturated heterocycles. The minimum absolute atomic E-state index is 0.000000000000000444. The first-order valence-electron chi connectivity index (χ1n) is 19.4. The lowest BCUT2D eigenvalue weighted by Gasteiger charge is -2.13. The van der Waals surface area contributed by atoms with Gasteiger partial charge in [0, 0.05) is 39.3 Å². The Morgan fingerprint density at radius 2 is 0.649 bits per heavy atom. The third-order valence-electron chi connectivity index (χ3n) is 6.44. The molecule has 330 valence electrons. The summed E-state index contributed by atoms with van der Waals surface area (Å²) in [4.78, 5) is 36.9. The topological polar surface area (TPSA) is 271 Å². The van der Waals surface area contributed by atoms with Crippen LogP contribution in [0.5, 0.6) is 0 Å². The highest BCUT2D eigenvalue weighted by molar-refractivity contribution is 6.33. The minimum atomic E-state index is 0.000000000000000444. The average molecular weight is 907 g/mol. The molecule has 0 atom stereocenters. The number of nitrogens with one attached hydrogen (secondary N) is 4. The molecule has 0 fully saturated rings. The number of aromatic nitrogens is 9. The summed E-state index contributed by atoms with van der Waals surface area (Å²) in [6, 6.07) is 0. The van der Waals surface area contributed by atoms with E-state index in [1.54, 1.807) is 0 Å². The van der Waals surface area contributed by atoms with Gasteiger partial charge in [-0.1, -0.05) is 67.7 Å². The average Bonchev–Trinajstić information content (AvgIpc) is 3.18. The van der Waals surface area contributed by atoms with Crippen LogP contribution in [-0.4, -0.2) is 122 Å². The summed E-state index contributed by atoms with van der Waals surface area (Å²) >= 11 is 27.1. The lowest BCUT2D eigenvalue weighted by molar-refractivity contribution is 0.321. The Kier molecular flexibility index (Phi) is 44.4. The fraction of sp³-hybridized carbons (Fsp3) is 0.735. The van der Waals surface area contributed by atoms with Gasteiger partial charge in [-0.3, -0.25) is 0 Å². The van der Waals surface area contributed by atoms with Crippen LogP contribution >= 0.6 is 58.0 Å². The van der Waals surface area contributed by atoms with Gasteiger partial charge < -0.3 is 49.1 Å². The first-order chi connectivity index (χ1) is 27.4. The molecular formula is C34H69Cl5N18. The predicted octanol–water partition coefficient (Wildman–Crippen LogP) is 6.50. The Morgan fingerprint density at radius 1 is 0.368 bits per heavy atom. The zero-order valence-corrected chi connectivity index (χ0v) is 38.7. The first kappa shape index (κ1) is 58.8. The van der Waals surface area contributed by atoms with E-state index in [0.29, 0.717) is 50.0 Å². The van der Waals surface area contributed by atoms with E-state index < -0.39 is 0 Å². The molecule has 0 radical (unpaired) electrons. The molecule has 0 unspecified atom stereocenters. The number of nitrogens with zero attached hydrogens (tertiary/aromatic N) is 10. The molecule has 57 heavy (non-hydrogen) atoms. The van der Waals surface area contributed by atoms with Gasteiger partial charge in [0.15, 0.2) is 0 Å². The number of unbranched alkanes of at least 4 members (excludes halogenated alkanes) is 3. The van der Waals surface area contributed by atoms with Gasteiger partial charge in [0.1, 0.15) is 0 Å². The van der Waals surface area contributed by atoms with E-state index in [9.17, 15) is 0 Å². The molecule has 0 saturated carbocycles. The summed E-state index contributed by atoms with van der Waals surface area (Å²) in [5.74, 6) is 2.01. The van der Waals surface area contributed by atoms with Crippen molar-refractivity contribution in [3.63, 3.8) is 0 Å². The Balaban J connectivity index is -0.000000668. The summed E-state index contributed by atoms with van der Waals surface area (Å²) < 4.78 is 0. The van der Waals surface area contributed by atoms with Gasteiger partial charge >= 0.3 is 0 Å². The summed E-state index contributed by atoms with van der Waals surface area (Å²) in [5.41, 5.74) is 21.1. The molecule has 23 heteroatoms. The monoisotopic (exact) mass is 904 g/mol. The van der Waals surface area contributed by atoms with Crippen LogP contribution in [0.3, 0.4) is 0 Å². The molecule has 0 bridgehead atoms. The highest BCUT2D eigenvalue weighted by Crippen LogP contribution is 2.11. The lowest BCUT2D eigenvalue weighted by atomic mass is 10.3. The van der Waals surface area contributed by atoms with Crippen molar-refractivity contribution >= 4 is 81.8 Å². The van der Waals surface area contributed by atoms with Gasteiger partial charge in [-0.25, -0.2) is 0 Å². The van der Waals surface area contributed by atoms with Crippen LogP contribution in [0.15, 0.2) is 0 Å². The van der Waals surface area contributed by atoms with Crippen molar-refractivity contribution in [3.8, 4) is 0 Å². The number of hydrogen-bond donors (Lipinski definition) is 8. The third kappa shape index (κ3) is 38.7. The highest BCUT2D eigenvalue weighted by Gasteiger charge is 2.05. The standard InChI is InChI=1S/C11H24N8.C7H10Cl2N4.C6H15N.C4H11N.C3Cl3N3.C3H9N/c1-2-3-6-14-9-17-10(15-7-4-12)19-11(18-9)16-8-5-13;1-2-3-4-10-7-12-5(8)11-6(9)13-7;1-4-7(5-2)6-3;1-2-3-4-5;4-1-7-2(5)9-3(6)8-1;1-2-3-4/h2-8,12-13H2,1H3,(H3,14,15,16,17,18,19);2-4H2,1H3,(H,10,11,12,13);4-6H2,1-3H3;2-5H2,1H3;;2-4H2,1H3. The van der Waals surface area contributed by atoms with E-state index in [4.69, 9.17) is 80.9 Å². The van der Waals surface area contributed by atoms with Crippen molar-refractivity contribution in [1.29, 1.82) is 0 Å². The van der Waals surface area contributed by atoms with E-state index >= 15 is 0 Å². The van der Waals surface area contributed by atoms with Crippen molar-refractivity contribution in [2.45, 2.75) is 93.4 Å². The number of hydrogen-bond acceptors (Lipinski definition) is 18. The zero-order chi connectivity index (χ0) is 43.7. The molecule has 3 heterocycles. The van der Waals surface area contributed by atoms with Crippen molar-refractivity contribution in [1.82, 2.24) is 49.8 Å². The number of halogens is 5. The molecule has 0 aromatic carbocycles. The smallest absolute Gasteiger partial charge is 0.229 e. The van der Waals surface area contributed by atoms with Crippen LogP contribution in [0.25, 0.3) is 0 Å². The van der Waals surface area contributed by atoms with Gasteiger partial charge in [-0.05, 0) is 116 Å². The molecule has 0 aliphatic heterocycles. The highest BCUT2D eigenvalue weighted by atomic mass is 35.5. The second-order valence-corrected chi connectivity index (χ2v) is 12.9. The second-order valence-electron chi connectivity index (χ2n) is 11.2. The molecule has 0 aliphatic rings. The van der Waals surface area contributed by atoms with Crippen molar-refractivity contribution in [2.24, 2.45) is 22.9 Å². The van der Waals surface area contributed by atoms with Crippen LogP contribution in [0.1, 0.15) is 93.4 Å². The van der Waals surface area contributed by atoms with Crippen LogP contribution in [-0.2, 0) is 0 Å². The van der Waals surface area contributed by atoms with E-state index in [1.165, 1.54) is 32.5 Å². The Morgan fingerprint density at radius 3 is 0.860 bits per heavy atom. The van der Waals surface area contributed by atoms with Crippen LogP contribution < -0.4 is 44.2 Å². The molecule has 12 N–H and O–H groups in total. The Hall–Kier alpha value is -2.52. The molecule has 18 nitrogen and oxygen atoms in total. The van der Waals surface area contributed by atoms with Gasteiger partial charge in [0.25, 0.3) is 0 Å². The lowest BCUT2D eigenvalue weighted by Crippen LogP contribution is -2.21. The maximum absolute atomic E-state index is 5.58. The van der Waals surface area contributed by atoms with Gasteiger partial charge in [0.2, 0.25) is 50.2 Å². The maximum atomic E-state index is 5.58. The van der Waals surface area contributed by atoms with E-state index in [-0.39, 0.29) is 26.4 Å². The van der Waals surface area contributed by atoms with E-state index in [0.717, 1.165) is 58.3 Å². The zero-order valence-electron chi connectivity index (χ0n) is 34.9. The fourth-order valence-corrected chi connectivity index (χ4v) is 4.29. The molecular weight excluding hydrogens is 838 g/mol. The third-order valence-corrected chi connectivity index (χ3v) is 7.28. The summed E-state index contributed by atoms with van der Waals surface area (Å²) in [6.45, 7) is 24.2. The number of anilines is 4. The fourth-order valence-electron chi connectivity index (χ4n) is 3.32. The quantitative estimate of drug-likeness (QED) is 0.0562. The molecule has 3 aromatic rings. The number of rotatable bonds is 20. The molecule has 0 spiro atoms. The largest absolute Gasteiger partial charge is 0.354 e. The minimum Gasteiger partial charge on any atom is -0.354 e. The van der Waals surface area contributed by atoms with Crippen molar-refractivity contribution < 1.29 is 0 Å². The first-order valence-corrected chi connectivity index (χ1v) is 21.3. The maximum Gasteiger partial charge on any atom is 0.229 e. The van der Waals surface area contributed by atoms with Crippen LogP contribution in [0, 0.1) is 0 Å². The van der Waals surface area contributed by atoms with Gasteiger partial charge in [-0.15, -0.1) is 0 Å². The molecule has 0 amide bonds. The van der Waals surface area contributed by atoms with E-state index in [2.05, 4.69) is 119 Å². The van der Waals surface area contributed by atoms with E-state index in [1.807, 2.05) is 0 Å². The van der Waals surface area contributed by atoms with Crippen molar-refractivity contribution in [3.05, 3.63) is 26.4 Å². The van der Waals surface area contributed by atoms with Gasteiger partial charge in [-0.2, -0.15) is 44.9 Å². The molecule has 3 aromatic heterocycles.